The quantitative estimate of drug-likeness (QED) is 0.692. The van der Waals surface area contributed by atoms with Gasteiger partial charge >= 0.3 is 6.03 Å². The van der Waals surface area contributed by atoms with Crippen LogP contribution in [-0.2, 0) is 4.79 Å². The Balaban J connectivity index is 2.13. The fourth-order valence-electron chi connectivity index (χ4n) is 3.13. The number of benzene rings is 1. The lowest BCUT2D eigenvalue weighted by Gasteiger charge is -2.38. The molecule has 1 heterocycles. The molecule has 0 spiro atoms. The third-order valence-corrected chi connectivity index (χ3v) is 4.69. The van der Waals surface area contributed by atoms with Crippen molar-refractivity contribution in [2.24, 2.45) is 5.41 Å². The molecule has 0 unspecified atom stereocenters. The van der Waals surface area contributed by atoms with Gasteiger partial charge in [-0.2, -0.15) is 0 Å². The molecule has 0 aromatic heterocycles. The van der Waals surface area contributed by atoms with E-state index in [1.165, 1.54) is 6.07 Å². The van der Waals surface area contributed by atoms with E-state index in [-0.39, 0.29) is 11.2 Å². The van der Waals surface area contributed by atoms with Gasteiger partial charge in [0.05, 0.1) is 6.04 Å². The van der Waals surface area contributed by atoms with Gasteiger partial charge in [-0.25, -0.2) is 9.18 Å². The van der Waals surface area contributed by atoms with Crippen LogP contribution in [0.5, 0.6) is 0 Å². The van der Waals surface area contributed by atoms with Gasteiger partial charge in [0.1, 0.15) is 5.82 Å². The largest absolute Gasteiger partial charge is 0.327 e. The van der Waals surface area contributed by atoms with Gasteiger partial charge in [0.2, 0.25) is 0 Å². The maximum absolute atomic E-state index is 14.2. The molecular weight excluding hydrogens is 398 g/mol. The number of hydrogen-bond donors (Lipinski definition) is 2. The van der Waals surface area contributed by atoms with Crippen LogP contribution in [0.3, 0.4) is 0 Å². The molecule has 6 heteroatoms. The Morgan fingerprint density at radius 1 is 1.27 bits per heavy atom. The Kier molecular flexibility index (Phi) is 3.74. The lowest BCUT2D eigenvalue weighted by atomic mass is 9.73. The maximum atomic E-state index is 14.2. The molecule has 0 saturated heterocycles. The van der Waals surface area contributed by atoms with E-state index in [9.17, 15) is 14.0 Å². The number of halogens is 2. The molecule has 1 aliphatic heterocycles. The summed E-state index contributed by atoms with van der Waals surface area (Å²) >= 11 is 2.09. The van der Waals surface area contributed by atoms with Gasteiger partial charge in [-0.1, -0.05) is 13.8 Å². The average molecular weight is 414 g/mol. The number of amides is 2. The van der Waals surface area contributed by atoms with Crippen LogP contribution < -0.4 is 10.6 Å². The van der Waals surface area contributed by atoms with Crippen molar-refractivity contribution in [1.82, 2.24) is 10.6 Å². The number of Topliss-reactive ketones (excluding diaryl/α,β-unsaturated/α-hetero) is 1. The fourth-order valence-corrected chi connectivity index (χ4v) is 3.64. The van der Waals surface area contributed by atoms with Crippen LogP contribution in [0.15, 0.2) is 29.5 Å². The fraction of sp³-hybridized carbons (Fsp3) is 0.375. The number of ketones is 1. The van der Waals surface area contributed by atoms with Gasteiger partial charge in [0.15, 0.2) is 5.78 Å². The highest BCUT2D eigenvalue weighted by atomic mass is 127. The van der Waals surface area contributed by atoms with E-state index in [1.807, 2.05) is 13.8 Å². The zero-order valence-electron chi connectivity index (χ0n) is 12.3. The Morgan fingerprint density at radius 2 is 2.00 bits per heavy atom. The Labute approximate surface area is 141 Å². The summed E-state index contributed by atoms with van der Waals surface area (Å²) in [6.45, 7) is 3.98. The van der Waals surface area contributed by atoms with E-state index < -0.39 is 17.9 Å². The number of carbonyl (C=O) groups is 2. The first-order valence-electron chi connectivity index (χ1n) is 7.05. The summed E-state index contributed by atoms with van der Waals surface area (Å²) in [6, 6.07) is 3.57. The van der Waals surface area contributed by atoms with E-state index in [2.05, 4.69) is 33.2 Å². The molecule has 1 atom stereocenters. The minimum atomic E-state index is -0.720. The number of nitrogens with one attached hydrogen (secondary N) is 2. The van der Waals surface area contributed by atoms with Crippen molar-refractivity contribution in [1.29, 1.82) is 0 Å². The van der Waals surface area contributed by atoms with Gasteiger partial charge in [-0.3, -0.25) is 4.79 Å². The molecule has 2 N–H and O–H groups in total. The molecule has 4 nitrogen and oxygen atoms in total. The molecule has 1 aromatic rings. The van der Waals surface area contributed by atoms with Crippen LogP contribution in [0.25, 0.3) is 0 Å². The number of carbonyl (C=O) groups excluding carboxylic acids is 2. The van der Waals surface area contributed by atoms with E-state index in [4.69, 9.17) is 0 Å². The molecular formula is C16H16FIN2O2. The highest BCUT2D eigenvalue weighted by Crippen LogP contribution is 2.41. The molecule has 2 amide bonds. The summed E-state index contributed by atoms with van der Waals surface area (Å²) < 4.78 is 15.1. The summed E-state index contributed by atoms with van der Waals surface area (Å²) in [6.07, 6.45) is 0.995. The van der Waals surface area contributed by atoms with Gasteiger partial charge < -0.3 is 10.6 Å². The zero-order chi connectivity index (χ0) is 16.1. The number of hydrogen-bond acceptors (Lipinski definition) is 2. The highest BCUT2D eigenvalue weighted by molar-refractivity contribution is 14.1. The first kappa shape index (κ1) is 15.5. The number of allylic oxidation sites excluding steroid dienone is 1. The van der Waals surface area contributed by atoms with Crippen molar-refractivity contribution in [3.05, 3.63) is 44.4 Å². The van der Waals surface area contributed by atoms with Gasteiger partial charge in [0, 0.05) is 26.8 Å². The van der Waals surface area contributed by atoms with Crippen LogP contribution in [0.4, 0.5) is 9.18 Å². The molecule has 2 aliphatic rings. The molecule has 1 aliphatic carbocycles. The Bertz CT molecular complexity index is 712. The molecule has 0 bridgehead atoms. The molecule has 0 fully saturated rings. The van der Waals surface area contributed by atoms with Crippen LogP contribution in [0, 0.1) is 14.8 Å². The van der Waals surface area contributed by atoms with Crippen molar-refractivity contribution in [2.45, 2.75) is 32.7 Å². The monoisotopic (exact) mass is 414 g/mol. The van der Waals surface area contributed by atoms with Gasteiger partial charge in [-0.15, -0.1) is 0 Å². The minimum absolute atomic E-state index is 0.0398. The van der Waals surface area contributed by atoms with E-state index in [1.54, 1.807) is 12.1 Å². The molecule has 0 saturated carbocycles. The molecule has 116 valence electrons. The van der Waals surface area contributed by atoms with Crippen molar-refractivity contribution < 1.29 is 14.0 Å². The Hall–Kier alpha value is -1.44. The second-order valence-corrected chi connectivity index (χ2v) is 7.78. The summed E-state index contributed by atoms with van der Waals surface area (Å²) in [7, 11) is 0. The summed E-state index contributed by atoms with van der Waals surface area (Å²) in [5, 5.41) is 5.41. The smallest absolute Gasteiger partial charge is 0.319 e. The van der Waals surface area contributed by atoms with Crippen LogP contribution in [-0.4, -0.2) is 11.8 Å². The minimum Gasteiger partial charge on any atom is -0.327 e. The van der Waals surface area contributed by atoms with E-state index in [0.717, 1.165) is 3.57 Å². The number of urea groups is 1. The highest BCUT2D eigenvalue weighted by Gasteiger charge is 2.41. The van der Waals surface area contributed by atoms with Crippen molar-refractivity contribution in [3.63, 3.8) is 0 Å². The lowest BCUT2D eigenvalue weighted by Crippen LogP contribution is -2.48. The topological polar surface area (TPSA) is 58.2 Å². The van der Waals surface area contributed by atoms with Crippen molar-refractivity contribution in [2.75, 3.05) is 0 Å². The third-order valence-electron chi connectivity index (χ3n) is 4.02. The van der Waals surface area contributed by atoms with Crippen molar-refractivity contribution in [3.8, 4) is 0 Å². The van der Waals surface area contributed by atoms with Crippen LogP contribution >= 0.6 is 22.6 Å². The molecule has 1 aromatic carbocycles. The average Bonchev–Trinajstić information content (AvgIpc) is 2.38. The first-order valence-corrected chi connectivity index (χ1v) is 8.13. The van der Waals surface area contributed by atoms with Crippen LogP contribution in [0.2, 0.25) is 0 Å². The van der Waals surface area contributed by atoms with E-state index in [0.29, 0.717) is 29.7 Å². The SMILES string of the molecule is CC1(C)CC(=O)C2=C(C1)NC(=O)N[C@@H]2c1cc(I)ccc1F. The lowest BCUT2D eigenvalue weighted by molar-refractivity contribution is -0.118. The second-order valence-electron chi connectivity index (χ2n) is 6.53. The van der Waals surface area contributed by atoms with Crippen LogP contribution in [0.1, 0.15) is 38.3 Å². The summed E-state index contributed by atoms with van der Waals surface area (Å²) in [4.78, 5) is 24.5. The normalized spacial score (nSPS) is 23.7. The van der Waals surface area contributed by atoms with Crippen molar-refractivity contribution >= 4 is 34.4 Å². The molecule has 0 radical (unpaired) electrons. The second kappa shape index (κ2) is 5.33. The number of rotatable bonds is 1. The summed E-state index contributed by atoms with van der Waals surface area (Å²) in [5.41, 5.74) is 1.24. The molecule has 3 rings (SSSR count). The van der Waals surface area contributed by atoms with Gasteiger partial charge in [0.25, 0.3) is 0 Å². The molecule has 22 heavy (non-hydrogen) atoms. The third kappa shape index (κ3) is 2.76. The first-order chi connectivity index (χ1) is 10.3. The Morgan fingerprint density at radius 3 is 2.73 bits per heavy atom. The predicted octanol–water partition coefficient (Wildman–Crippen LogP) is 3.43. The maximum Gasteiger partial charge on any atom is 0.319 e. The van der Waals surface area contributed by atoms with Gasteiger partial charge in [-0.05, 0) is 52.6 Å². The standard InChI is InChI=1S/C16H16FIN2O2/c1-16(2)6-11-13(12(21)7-16)14(20-15(22)19-11)9-5-8(18)3-4-10(9)17/h3-5,14H,6-7H2,1-2H3,(H2,19,20,22)/t14-/m1/s1. The summed E-state index contributed by atoms with van der Waals surface area (Å²) in [5.74, 6) is -0.459. The zero-order valence-corrected chi connectivity index (χ0v) is 14.5. The predicted molar refractivity (Wildman–Crippen MR) is 88.6 cm³/mol. The van der Waals surface area contributed by atoms with E-state index >= 15 is 0 Å².